The summed E-state index contributed by atoms with van der Waals surface area (Å²) in [5.41, 5.74) is 1.60. The molecule has 0 radical (unpaired) electrons. The van der Waals surface area contributed by atoms with Gasteiger partial charge in [0.25, 0.3) is 0 Å². The summed E-state index contributed by atoms with van der Waals surface area (Å²) >= 11 is 0. The highest BCUT2D eigenvalue weighted by Crippen LogP contribution is 2.22. The molecule has 0 spiro atoms. The number of aromatic nitrogens is 2. The van der Waals surface area contributed by atoms with E-state index in [1.54, 1.807) is 16.9 Å². The average molecular weight is 230 g/mol. The van der Waals surface area contributed by atoms with Crippen LogP contribution in [0.1, 0.15) is 25.0 Å². The average Bonchev–Trinajstić information content (AvgIpc) is 2.80. The zero-order chi connectivity index (χ0) is 12.3. The number of carboxylic acids is 1. The van der Waals surface area contributed by atoms with Gasteiger partial charge in [-0.1, -0.05) is 25.1 Å². The van der Waals surface area contributed by atoms with E-state index in [9.17, 15) is 9.90 Å². The van der Waals surface area contributed by atoms with E-state index in [1.165, 1.54) is 0 Å². The van der Waals surface area contributed by atoms with Crippen molar-refractivity contribution in [3.63, 3.8) is 0 Å². The highest BCUT2D eigenvalue weighted by Gasteiger charge is 2.21. The fourth-order valence-corrected chi connectivity index (χ4v) is 1.87. The third-order valence-corrected chi connectivity index (χ3v) is 2.74. The van der Waals surface area contributed by atoms with Gasteiger partial charge in [0, 0.05) is 6.20 Å². The molecule has 88 valence electrons. The van der Waals surface area contributed by atoms with E-state index >= 15 is 0 Å². The summed E-state index contributed by atoms with van der Waals surface area (Å²) in [6.07, 6.45) is 2.18. The Labute approximate surface area is 99.5 Å². The number of para-hydroxylation sites is 1. The van der Waals surface area contributed by atoms with E-state index in [0.717, 1.165) is 5.69 Å². The number of aliphatic carboxylic acids is 1. The van der Waals surface area contributed by atoms with Gasteiger partial charge in [0.15, 0.2) is 0 Å². The minimum atomic E-state index is -0.815. The summed E-state index contributed by atoms with van der Waals surface area (Å²) in [5.74, 6) is -1.33. The molecule has 1 N–H and O–H groups in total. The Bertz CT molecular complexity index is 505. The zero-order valence-electron chi connectivity index (χ0n) is 9.58. The summed E-state index contributed by atoms with van der Waals surface area (Å²) in [6, 6.07) is 11.3. The van der Waals surface area contributed by atoms with Crippen molar-refractivity contribution in [3.05, 3.63) is 48.3 Å². The van der Waals surface area contributed by atoms with Crippen LogP contribution in [0.4, 0.5) is 0 Å². The largest absolute Gasteiger partial charge is 0.481 e. The Hall–Kier alpha value is -2.10. The second-order valence-electron chi connectivity index (χ2n) is 3.80. The molecule has 0 fully saturated rings. The van der Waals surface area contributed by atoms with Gasteiger partial charge in [-0.3, -0.25) is 4.79 Å². The van der Waals surface area contributed by atoms with Crippen molar-refractivity contribution in [1.29, 1.82) is 0 Å². The second-order valence-corrected chi connectivity index (χ2v) is 3.80. The third-order valence-electron chi connectivity index (χ3n) is 2.74. The van der Waals surface area contributed by atoms with Crippen LogP contribution in [0.3, 0.4) is 0 Å². The highest BCUT2D eigenvalue weighted by atomic mass is 16.4. The second kappa shape index (κ2) is 4.82. The van der Waals surface area contributed by atoms with Crippen LogP contribution < -0.4 is 0 Å². The van der Waals surface area contributed by atoms with Gasteiger partial charge in [0.2, 0.25) is 0 Å². The number of carboxylic acid groups (broad SMARTS) is 1. The molecule has 4 heteroatoms. The Morgan fingerprint density at radius 2 is 2.06 bits per heavy atom. The van der Waals surface area contributed by atoms with E-state index in [2.05, 4.69) is 5.10 Å². The lowest BCUT2D eigenvalue weighted by Crippen LogP contribution is -2.15. The third kappa shape index (κ3) is 2.20. The van der Waals surface area contributed by atoms with Gasteiger partial charge in [-0.15, -0.1) is 0 Å². The van der Waals surface area contributed by atoms with Gasteiger partial charge < -0.3 is 5.11 Å². The molecule has 0 saturated carbocycles. The minimum Gasteiger partial charge on any atom is -0.481 e. The van der Waals surface area contributed by atoms with Crippen LogP contribution in [0.2, 0.25) is 0 Å². The van der Waals surface area contributed by atoms with E-state index < -0.39 is 11.9 Å². The molecule has 0 amide bonds. The number of hydrogen-bond acceptors (Lipinski definition) is 2. The topological polar surface area (TPSA) is 55.1 Å². The molecule has 1 aromatic heterocycles. The Morgan fingerprint density at radius 1 is 1.35 bits per heavy atom. The molecule has 1 atom stereocenters. The van der Waals surface area contributed by atoms with Crippen molar-refractivity contribution in [3.8, 4) is 5.69 Å². The molecule has 0 aliphatic rings. The Balaban J connectivity index is 2.45. The molecule has 4 nitrogen and oxygen atoms in total. The van der Waals surface area contributed by atoms with Crippen LogP contribution in [-0.4, -0.2) is 20.9 Å². The van der Waals surface area contributed by atoms with E-state index in [1.807, 2.05) is 37.3 Å². The minimum absolute atomic E-state index is 0.516. The van der Waals surface area contributed by atoms with E-state index in [0.29, 0.717) is 12.1 Å². The summed E-state index contributed by atoms with van der Waals surface area (Å²) in [7, 11) is 0. The number of hydrogen-bond donors (Lipinski definition) is 1. The van der Waals surface area contributed by atoms with Crippen molar-refractivity contribution in [2.45, 2.75) is 19.3 Å². The standard InChI is InChI=1S/C13H14N2O2/c1-2-11(13(16)17)12-8-9-14-15(12)10-6-4-3-5-7-10/h3-9,11H,2H2,1H3,(H,16,17). The molecule has 1 unspecified atom stereocenters. The van der Waals surface area contributed by atoms with E-state index in [-0.39, 0.29) is 0 Å². The summed E-state index contributed by atoms with van der Waals surface area (Å²) in [4.78, 5) is 11.2. The quantitative estimate of drug-likeness (QED) is 0.877. The molecular weight excluding hydrogens is 216 g/mol. The highest BCUT2D eigenvalue weighted by molar-refractivity contribution is 5.75. The molecule has 1 heterocycles. The first-order chi connectivity index (χ1) is 8.24. The first-order valence-corrected chi connectivity index (χ1v) is 5.56. The number of benzene rings is 1. The summed E-state index contributed by atoms with van der Waals surface area (Å²) < 4.78 is 1.68. The van der Waals surface area contributed by atoms with Crippen LogP contribution in [0.25, 0.3) is 5.69 Å². The first-order valence-electron chi connectivity index (χ1n) is 5.56. The van der Waals surface area contributed by atoms with Gasteiger partial charge >= 0.3 is 5.97 Å². The van der Waals surface area contributed by atoms with Crippen molar-refractivity contribution >= 4 is 5.97 Å². The SMILES string of the molecule is CCC(C(=O)O)c1ccnn1-c1ccccc1. The predicted molar refractivity (Wildman–Crippen MR) is 64.2 cm³/mol. The fourth-order valence-electron chi connectivity index (χ4n) is 1.87. The normalized spacial score (nSPS) is 12.3. The Morgan fingerprint density at radius 3 is 2.65 bits per heavy atom. The maximum atomic E-state index is 11.2. The number of carbonyl (C=O) groups is 1. The van der Waals surface area contributed by atoms with E-state index in [4.69, 9.17) is 0 Å². The van der Waals surface area contributed by atoms with Crippen molar-refractivity contribution < 1.29 is 9.90 Å². The molecule has 0 aliphatic carbocycles. The number of nitrogens with zero attached hydrogens (tertiary/aromatic N) is 2. The van der Waals surface area contributed by atoms with Crippen molar-refractivity contribution in [2.24, 2.45) is 0 Å². The monoisotopic (exact) mass is 230 g/mol. The van der Waals surface area contributed by atoms with Crippen LogP contribution >= 0.6 is 0 Å². The molecule has 0 saturated heterocycles. The van der Waals surface area contributed by atoms with Crippen LogP contribution in [0, 0.1) is 0 Å². The van der Waals surface area contributed by atoms with Gasteiger partial charge in [0.05, 0.1) is 17.3 Å². The zero-order valence-corrected chi connectivity index (χ0v) is 9.58. The van der Waals surface area contributed by atoms with Gasteiger partial charge in [-0.25, -0.2) is 4.68 Å². The van der Waals surface area contributed by atoms with Crippen LogP contribution in [-0.2, 0) is 4.79 Å². The molecule has 17 heavy (non-hydrogen) atoms. The van der Waals surface area contributed by atoms with Crippen LogP contribution in [0.15, 0.2) is 42.6 Å². The lowest BCUT2D eigenvalue weighted by atomic mass is 10.0. The molecular formula is C13H14N2O2. The number of rotatable bonds is 4. The van der Waals surface area contributed by atoms with Crippen LogP contribution in [0.5, 0.6) is 0 Å². The molecule has 2 aromatic rings. The maximum absolute atomic E-state index is 11.2. The summed E-state index contributed by atoms with van der Waals surface area (Å²) in [6.45, 7) is 1.86. The maximum Gasteiger partial charge on any atom is 0.312 e. The summed E-state index contributed by atoms with van der Waals surface area (Å²) in [5, 5.41) is 13.4. The van der Waals surface area contributed by atoms with Gasteiger partial charge in [0.1, 0.15) is 0 Å². The predicted octanol–water partition coefficient (Wildman–Crippen LogP) is 2.45. The molecule has 1 aromatic carbocycles. The smallest absolute Gasteiger partial charge is 0.312 e. The molecule has 2 rings (SSSR count). The van der Waals surface area contributed by atoms with Gasteiger partial charge in [-0.05, 0) is 24.6 Å². The molecule has 0 bridgehead atoms. The van der Waals surface area contributed by atoms with Gasteiger partial charge in [-0.2, -0.15) is 5.10 Å². The lowest BCUT2D eigenvalue weighted by molar-refractivity contribution is -0.139. The first kappa shape index (κ1) is 11.4. The lowest BCUT2D eigenvalue weighted by Gasteiger charge is -2.12. The fraction of sp³-hybridized carbons (Fsp3) is 0.231. The Kier molecular flexibility index (Phi) is 3.23. The molecule has 0 aliphatic heterocycles. The van der Waals surface area contributed by atoms with Crippen molar-refractivity contribution in [1.82, 2.24) is 9.78 Å². The van der Waals surface area contributed by atoms with Crippen molar-refractivity contribution in [2.75, 3.05) is 0 Å².